The molecule has 1 saturated heterocycles. The van der Waals surface area contributed by atoms with Gasteiger partial charge < -0.3 is 14.2 Å². The van der Waals surface area contributed by atoms with E-state index in [9.17, 15) is 9.59 Å². The summed E-state index contributed by atoms with van der Waals surface area (Å²) in [6.45, 7) is 9.08. The lowest BCUT2D eigenvalue weighted by molar-refractivity contribution is -0.155. The van der Waals surface area contributed by atoms with Crippen molar-refractivity contribution in [3.8, 4) is 0 Å². The van der Waals surface area contributed by atoms with E-state index >= 15 is 0 Å². The Kier molecular flexibility index (Phi) is 3.51. The molecule has 5 atom stereocenters. The predicted molar refractivity (Wildman–Crippen MR) is 73.6 cm³/mol. The summed E-state index contributed by atoms with van der Waals surface area (Å²) in [6, 6.07) is 0. The number of fused-ring (bicyclic) bond motifs is 1. The van der Waals surface area contributed by atoms with Crippen LogP contribution in [0, 0.1) is 30.1 Å². The molecule has 3 rings (SSSR count). The van der Waals surface area contributed by atoms with Crippen LogP contribution in [-0.2, 0) is 23.8 Å². The van der Waals surface area contributed by atoms with Gasteiger partial charge in [-0.15, -0.1) is 0 Å². The summed E-state index contributed by atoms with van der Waals surface area (Å²) in [5, 5.41) is 0. The van der Waals surface area contributed by atoms with E-state index in [0.29, 0.717) is 17.3 Å². The largest absolute Gasteiger partial charge is 0.494 e. The standard InChI is InChI=1S/C16H19O5/c1-8(2)15(17)19-4-5-20-16(18)14-10-6-11-12(7-10)21-9(3)13(11)14/h7,10-14H,1,3-6H2,2H3. The number of rotatable bonds is 5. The van der Waals surface area contributed by atoms with Crippen LogP contribution in [0.5, 0.6) is 0 Å². The van der Waals surface area contributed by atoms with E-state index in [1.165, 1.54) is 0 Å². The quantitative estimate of drug-likeness (QED) is 0.438. The van der Waals surface area contributed by atoms with Gasteiger partial charge in [0.1, 0.15) is 19.3 Å². The molecule has 21 heavy (non-hydrogen) atoms. The van der Waals surface area contributed by atoms with Gasteiger partial charge >= 0.3 is 11.9 Å². The molecule has 2 aliphatic carbocycles. The molecule has 1 aliphatic heterocycles. The smallest absolute Gasteiger partial charge is 0.333 e. The summed E-state index contributed by atoms with van der Waals surface area (Å²) in [4.78, 5) is 23.4. The molecule has 2 saturated carbocycles. The monoisotopic (exact) mass is 291 g/mol. The van der Waals surface area contributed by atoms with Gasteiger partial charge in [0.2, 0.25) is 0 Å². The number of allylic oxidation sites excluding steroid dienone is 1. The van der Waals surface area contributed by atoms with Crippen LogP contribution in [0.4, 0.5) is 0 Å². The van der Waals surface area contributed by atoms with E-state index in [-0.39, 0.29) is 43.0 Å². The summed E-state index contributed by atoms with van der Waals surface area (Å²) in [5.41, 5.74) is 0.328. The minimum absolute atomic E-state index is 0.0483. The van der Waals surface area contributed by atoms with Crippen LogP contribution in [0.1, 0.15) is 13.3 Å². The lowest BCUT2D eigenvalue weighted by Gasteiger charge is -2.23. The van der Waals surface area contributed by atoms with Crippen molar-refractivity contribution in [2.75, 3.05) is 13.2 Å². The predicted octanol–water partition coefficient (Wildman–Crippen LogP) is 1.65. The molecule has 0 aromatic carbocycles. The molecule has 0 amide bonds. The Labute approximate surface area is 123 Å². The molecule has 5 nitrogen and oxygen atoms in total. The fraction of sp³-hybridized carbons (Fsp3) is 0.562. The molecule has 113 valence electrons. The highest BCUT2D eigenvalue weighted by Crippen LogP contribution is 2.60. The van der Waals surface area contributed by atoms with Crippen molar-refractivity contribution >= 4 is 11.9 Å². The lowest BCUT2D eigenvalue weighted by Crippen LogP contribution is -2.32. The molecule has 0 N–H and O–H groups in total. The number of carbonyl (C=O) groups excluding carboxylic acids is 2. The van der Waals surface area contributed by atoms with Crippen LogP contribution >= 0.6 is 0 Å². The van der Waals surface area contributed by atoms with Crippen LogP contribution in [0.25, 0.3) is 0 Å². The molecule has 5 heteroatoms. The number of esters is 2. The van der Waals surface area contributed by atoms with Crippen molar-refractivity contribution in [1.29, 1.82) is 0 Å². The van der Waals surface area contributed by atoms with Gasteiger partial charge in [-0.05, 0) is 19.3 Å². The van der Waals surface area contributed by atoms with E-state index in [1.807, 2.05) is 0 Å². The fourth-order valence-corrected chi connectivity index (χ4v) is 3.70. The number of ether oxygens (including phenoxy) is 3. The highest BCUT2D eigenvalue weighted by molar-refractivity contribution is 5.86. The fourth-order valence-electron chi connectivity index (χ4n) is 3.70. The van der Waals surface area contributed by atoms with Crippen LogP contribution < -0.4 is 0 Å². The molecular weight excluding hydrogens is 272 g/mol. The van der Waals surface area contributed by atoms with Gasteiger partial charge in [-0.2, -0.15) is 0 Å². The highest BCUT2D eigenvalue weighted by atomic mass is 16.6. The highest BCUT2D eigenvalue weighted by Gasteiger charge is 2.62. The summed E-state index contributed by atoms with van der Waals surface area (Å²) in [5.74, 6) is 0.460. The normalized spacial score (nSPS) is 35.5. The Balaban J connectivity index is 1.49. The lowest BCUT2D eigenvalue weighted by atomic mass is 9.79. The average Bonchev–Trinajstić information content (AvgIpc) is 3.03. The van der Waals surface area contributed by atoms with E-state index < -0.39 is 5.97 Å². The first kappa shape index (κ1) is 14.2. The molecule has 5 unspecified atom stereocenters. The second-order valence-electron chi connectivity index (χ2n) is 5.94. The van der Waals surface area contributed by atoms with Crippen LogP contribution in [0.2, 0.25) is 0 Å². The Hall–Kier alpha value is -1.78. The first-order valence-electron chi connectivity index (χ1n) is 7.18. The van der Waals surface area contributed by atoms with Crippen LogP contribution in [-0.4, -0.2) is 31.3 Å². The number of hydrogen-bond acceptors (Lipinski definition) is 5. The van der Waals surface area contributed by atoms with Gasteiger partial charge in [0.05, 0.1) is 11.7 Å². The van der Waals surface area contributed by atoms with Crippen LogP contribution in [0.15, 0.2) is 24.5 Å². The van der Waals surface area contributed by atoms with E-state index in [4.69, 9.17) is 14.2 Å². The van der Waals surface area contributed by atoms with Crippen molar-refractivity contribution in [2.24, 2.45) is 23.7 Å². The molecule has 1 heterocycles. The van der Waals surface area contributed by atoms with E-state index in [0.717, 1.165) is 6.42 Å². The van der Waals surface area contributed by atoms with Crippen molar-refractivity contribution in [3.05, 3.63) is 30.9 Å². The van der Waals surface area contributed by atoms with Crippen molar-refractivity contribution in [2.45, 2.75) is 19.4 Å². The zero-order valence-electron chi connectivity index (χ0n) is 12.0. The summed E-state index contributed by atoms with van der Waals surface area (Å²) in [7, 11) is 0. The molecule has 2 bridgehead atoms. The summed E-state index contributed by atoms with van der Waals surface area (Å²) < 4.78 is 15.8. The first-order chi connectivity index (χ1) is 9.99. The van der Waals surface area contributed by atoms with E-state index in [2.05, 4.69) is 19.6 Å². The summed E-state index contributed by atoms with van der Waals surface area (Å²) in [6.07, 6.45) is 3.21. The summed E-state index contributed by atoms with van der Waals surface area (Å²) >= 11 is 0. The molecule has 3 aliphatic rings. The second-order valence-corrected chi connectivity index (χ2v) is 5.94. The van der Waals surface area contributed by atoms with Crippen molar-refractivity contribution in [1.82, 2.24) is 0 Å². The van der Waals surface area contributed by atoms with Gasteiger partial charge in [0, 0.05) is 23.8 Å². The van der Waals surface area contributed by atoms with Crippen LogP contribution in [0.3, 0.4) is 0 Å². The minimum Gasteiger partial charge on any atom is -0.494 e. The maximum atomic E-state index is 12.3. The molecule has 0 aromatic rings. The third kappa shape index (κ3) is 2.34. The van der Waals surface area contributed by atoms with Gasteiger partial charge in [-0.3, -0.25) is 4.79 Å². The zero-order chi connectivity index (χ0) is 15.1. The SMILES string of the molecule is C=C(C)C(=O)OCCOC(=O)C1C2[CH]C3OC(=C)C1C3C2. The maximum Gasteiger partial charge on any atom is 0.333 e. The zero-order valence-corrected chi connectivity index (χ0v) is 12.0. The second kappa shape index (κ2) is 5.20. The van der Waals surface area contributed by atoms with Crippen molar-refractivity contribution < 1.29 is 23.8 Å². The third-order valence-corrected chi connectivity index (χ3v) is 4.55. The van der Waals surface area contributed by atoms with Gasteiger partial charge in [-0.25, -0.2) is 4.79 Å². The van der Waals surface area contributed by atoms with E-state index in [1.54, 1.807) is 6.92 Å². The Morgan fingerprint density at radius 2 is 2.10 bits per heavy atom. The third-order valence-electron chi connectivity index (χ3n) is 4.55. The molecule has 0 spiro atoms. The van der Waals surface area contributed by atoms with Gasteiger partial charge in [0.25, 0.3) is 0 Å². The first-order valence-corrected chi connectivity index (χ1v) is 7.18. The molecule has 0 aromatic heterocycles. The Morgan fingerprint density at radius 3 is 2.81 bits per heavy atom. The average molecular weight is 291 g/mol. The van der Waals surface area contributed by atoms with Crippen molar-refractivity contribution in [3.63, 3.8) is 0 Å². The maximum absolute atomic E-state index is 12.3. The minimum atomic E-state index is -0.472. The molecular formula is C16H19O5. The number of hydrogen-bond donors (Lipinski definition) is 0. The molecule has 1 radical (unpaired) electrons. The Morgan fingerprint density at radius 1 is 1.38 bits per heavy atom. The Bertz CT molecular complexity index is 507. The van der Waals surface area contributed by atoms with Gasteiger partial charge in [-0.1, -0.05) is 13.2 Å². The topological polar surface area (TPSA) is 61.8 Å². The van der Waals surface area contributed by atoms with Gasteiger partial charge in [0.15, 0.2) is 0 Å². The number of carbonyl (C=O) groups is 2. The molecule has 3 fully saturated rings.